The number of benzene rings is 2. The van der Waals surface area contributed by atoms with Gasteiger partial charge in [-0.1, -0.05) is 12.1 Å². The Bertz CT molecular complexity index is 875. The van der Waals surface area contributed by atoms with E-state index >= 15 is 0 Å². The van der Waals surface area contributed by atoms with Crippen molar-refractivity contribution in [3.63, 3.8) is 0 Å². The minimum Gasteiger partial charge on any atom is -0.492 e. The van der Waals surface area contributed by atoms with Crippen molar-refractivity contribution in [2.24, 2.45) is 0 Å². The van der Waals surface area contributed by atoms with Crippen LogP contribution in [0.15, 0.2) is 52.9 Å². The van der Waals surface area contributed by atoms with Crippen LogP contribution in [0.3, 0.4) is 0 Å². The van der Waals surface area contributed by atoms with Gasteiger partial charge in [-0.2, -0.15) is 0 Å². The molecule has 1 N–H and O–H groups in total. The summed E-state index contributed by atoms with van der Waals surface area (Å²) < 4.78 is 16.4. The summed E-state index contributed by atoms with van der Waals surface area (Å²) in [5, 5.41) is 10.5. The first-order valence-electron chi connectivity index (χ1n) is 8.20. The fourth-order valence-electron chi connectivity index (χ4n) is 2.29. The van der Waals surface area contributed by atoms with Crippen LogP contribution in [-0.2, 0) is 4.79 Å². The zero-order valence-electron chi connectivity index (χ0n) is 14.6. The maximum atomic E-state index is 12.1. The topological polar surface area (TPSA) is 86.5 Å². The summed E-state index contributed by atoms with van der Waals surface area (Å²) in [7, 11) is 0. The standard InChI is InChI=1S/C19H19N3O4/c1-3-24-17-7-5-4-6-16(17)20-18(23)12-25-15-10-8-14(9-11-15)19-22-21-13(2)26-19/h4-11H,3,12H2,1-2H3,(H,20,23). The number of carbonyl (C=O) groups is 1. The van der Waals surface area contributed by atoms with Crippen LogP contribution in [0.1, 0.15) is 12.8 Å². The van der Waals surface area contributed by atoms with Crippen LogP contribution in [-0.4, -0.2) is 29.3 Å². The van der Waals surface area contributed by atoms with Crippen LogP contribution in [0.4, 0.5) is 5.69 Å². The minimum atomic E-state index is -0.270. The van der Waals surface area contributed by atoms with E-state index in [0.717, 1.165) is 5.56 Å². The Morgan fingerprint density at radius 2 is 1.85 bits per heavy atom. The second-order valence-electron chi connectivity index (χ2n) is 5.42. The van der Waals surface area contributed by atoms with E-state index in [1.165, 1.54) is 0 Å². The SMILES string of the molecule is CCOc1ccccc1NC(=O)COc1ccc(-c2nnc(C)o2)cc1. The number of hydrogen-bond donors (Lipinski definition) is 1. The van der Waals surface area contributed by atoms with E-state index < -0.39 is 0 Å². The highest BCUT2D eigenvalue weighted by Crippen LogP contribution is 2.24. The monoisotopic (exact) mass is 353 g/mol. The maximum Gasteiger partial charge on any atom is 0.262 e. The molecule has 0 saturated heterocycles. The van der Waals surface area contributed by atoms with Crippen molar-refractivity contribution in [1.29, 1.82) is 0 Å². The van der Waals surface area contributed by atoms with E-state index in [4.69, 9.17) is 13.9 Å². The van der Waals surface area contributed by atoms with Crippen molar-refractivity contribution in [1.82, 2.24) is 10.2 Å². The normalized spacial score (nSPS) is 10.4. The van der Waals surface area contributed by atoms with Crippen molar-refractivity contribution in [3.05, 3.63) is 54.4 Å². The lowest BCUT2D eigenvalue weighted by atomic mass is 10.2. The summed E-state index contributed by atoms with van der Waals surface area (Å²) in [5.41, 5.74) is 1.40. The number of carbonyl (C=O) groups excluding carboxylic acids is 1. The van der Waals surface area contributed by atoms with Gasteiger partial charge < -0.3 is 19.2 Å². The number of para-hydroxylation sites is 2. The second-order valence-corrected chi connectivity index (χ2v) is 5.42. The number of anilines is 1. The Morgan fingerprint density at radius 3 is 2.54 bits per heavy atom. The van der Waals surface area contributed by atoms with Crippen LogP contribution in [0.25, 0.3) is 11.5 Å². The lowest BCUT2D eigenvalue weighted by molar-refractivity contribution is -0.118. The molecule has 0 aliphatic heterocycles. The van der Waals surface area contributed by atoms with Gasteiger partial charge in [-0.05, 0) is 43.3 Å². The molecule has 0 radical (unpaired) electrons. The maximum absolute atomic E-state index is 12.1. The van der Waals surface area contributed by atoms with Crippen molar-refractivity contribution in [3.8, 4) is 23.0 Å². The van der Waals surface area contributed by atoms with E-state index in [1.807, 2.05) is 19.1 Å². The molecule has 0 saturated carbocycles. The van der Waals surface area contributed by atoms with E-state index in [1.54, 1.807) is 43.3 Å². The number of aryl methyl sites for hydroxylation is 1. The van der Waals surface area contributed by atoms with E-state index in [0.29, 0.717) is 35.6 Å². The molecule has 1 aromatic heterocycles. The predicted octanol–water partition coefficient (Wildman–Crippen LogP) is 3.46. The van der Waals surface area contributed by atoms with Crippen LogP contribution >= 0.6 is 0 Å². The molecule has 2 aromatic carbocycles. The molecule has 0 bridgehead atoms. The van der Waals surface area contributed by atoms with Gasteiger partial charge in [0.2, 0.25) is 11.8 Å². The highest BCUT2D eigenvalue weighted by molar-refractivity contribution is 5.93. The summed E-state index contributed by atoms with van der Waals surface area (Å²) in [5.74, 6) is 1.87. The number of aromatic nitrogens is 2. The molecule has 1 heterocycles. The summed E-state index contributed by atoms with van der Waals surface area (Å²) in [6, 6.07) is 14.4. The number of amides is 1. The van der Waals surface area contributed by atoms with Crippen LogP contribution in [0.5, 0.6) is 11.5 Å². The Hall–Kier alpha value is -3.35. The van der Waals surface area contributed by atoms with E-state index in [-0.39, 0.29) is 12.5 Å². The molecular weight excluding hydrogens is 334 g/mol. The highest BCUT2D eigenvalue weighted by Gasteiger charge is 2.09. The lowest BCUT2D eigenvalue weighted by Gasteiger charge is -2.11. The van der Waals surface area contributed by atoms with Gasteiger partial charge in [0, 0.05) is 12.5 Å². The number of hydrogen-bond acceptors (Lipinski definition) is 6. The molecule has 26 heavy (non-hydrogen) atoms. The minimum absolute atomic E-state index is 0.112. The molecule has 7 heteroatoms. The van der Waals surface area contributed by atoms with Crippen molar-refractivity contribution in [2.45, 2.75) is 13.8 Å². The number of nitrogens with one attached hydrogen (secondary N) is 1. The first kappa shape index (κ1) is 17.5. The molecule has 0 atom stereocenters. The van der Waals surface area contributed by atoms with Crippen molar-refractivity contribution < 1.29 is 18.7 Å². The fraction of sp³-hybridized carbons (Fsp3) is 0.211. The highest BCUT2D eigenvalue weighted by atomic mass is 16.5. The van der Waals surface area contributed by atoms with E-state index in [9.17, 15) is 4.79 Å². The van der Waals surface area contributed by atoms with Gasteiger partial charge in [0.25, 0.3) is 5.91 Å². The van der Waals surface area contributed by atoms with Crippen LogP contribution in [0.2, 0.25) is 0 Å². The molecule has 1 amide bonds. The van der Waals surface area contributed by atoms with Gasteiger partial charge in [-0.15, -0.1) is 10.2 Å². The Kier molecular flexibility index (Phi) is 5.48. The molecule has 134 valence electrons. The van der Waals surface area contributed by atoms with Gasteiger partial charge in [-0.3, -0.25) is 4.79 Å². The van der Waals surface area contributed by atoms with Crippen LogP contribution in [0, 0.1) is 6.92 Å². The second kappa shape index (κ2) is 8.15. The summed E-state index contributed by atoms with van der Waals surface area (Å²) in [6.07, 6.45) is 0. The number of nitrogens with zero attached hydrogens (tertiary/aromatic N) is 2. The first-order chi connectivity index (χ1) is 12.7. The number of rotatable bonds is 7. The summed E-state index contributed by atoms with van der Waals surface area (Å²) in [4.78, 5) is 12.1. The van der Waals surface area contributed by atoms with Gasteiger partial charge in [0.1, 0.15) is 11.5 Å². The molecular formula is C19H19N3O4. The van der Waals surface area contributed by atoms with Crippen molar-refractivity contribution >= 4 is 11.6 Å². The molecule has 7 nitrogen and oxygen atoms in total. The van der Waals surface area contributed by atoms with Crippen LogP contribution < -0.4 is 14.8 Å². The third-order valence-corrected chi connectivity index (χ3v) is 3.46. The molecule has 0 aliphatic carbocycles. The van der Waals surface area contributed by atoms with Gasteiger partial charge in [0.15, 0.2) is 6.61 Å². The van der Waals surface area contributed by atoms with Crippen molar-refractivity contribution in [2.75, 3.05) is 18.5 Å². The zero-order valence-corrected chi connectivity index (χ0v) is 14.6. The van der Waals surface area contributed by atoms with Gasteiger partial charge in [-0.25, -0.2) is 0 Å². The predicted molar refractivity (Wildman–Crippen MR) is 96.2 cm³/mol. The summed E-state index contributed by atoms with van der Waals surface area (Å²) >= 11 is 0. The average molecular weight is 353 g/mol. The smallest absolute Gasteiger partial charge is 0.262 e. The molecule has 3 aromatic rings. The molecule has 3 rings (SSSR count). The average Bonchev–Trinajstić information content (AvgIpc) is 3.09. The Balaban J connectivity index is 1.56. The largest absolute Gasteiger partial charge is 0.492 e. The zero-order chi connectivity index (χ0) is 18.4. The quantitative estimate of drug-likeness (QED) is 0.700. The van der Waals surface area contributed by atoms with Gasteiger partial charge >= 0.3 is 0 Å². The lowest BCUT2D eigenvalue weighted by Crippen LogP contribution is -2.20. The third kappa shape index (κ3) is 4.38. The molecule has 0 aliphatic rings. The van der Waals surface area contributed by atoms with Gasteiger partial charge in [0.05, 0.1) is 12.3 Å². The molecule has 0 unspecified atom stereocenters. The fourth-order valence-corrected chi connectivity index (χ4v) is 2.29. The van der Waals surface area contributed by atoms with E-state index in [2.05, 4.69) is 15.5 Å². The third-order valence-electron chi connectivity index (χ3n) is 3.46. The Labute approximate surface area is 151 Å². The number of ether oxygens (including phenoxy) is 2. The summed E-state index contributed by atoms with van der Waals surface area (Å²) in [6.45, 7) is 4.03. The molecule has 0 fully saturated rings. The first-order valence-corrected chi connectivity index (χ1v) is 8.20. The molecule has 0 spiro atoms. The Morgan fingerprint density at radius 1 is 1.08 bits per heavy atom.